The topological polar surface area (TPSA) is 32.3 Å². The van der Waals surface area contributed by atoms with E-state index in [1.54, 1.807) is 18.2 Å². The van der Waals surface area contributed by atoms with Gasteiger partial charge in [0.15, 0.2) is 0 Å². The largest absolute Gasteiger partial charge is 0.508 e. The Kier molecular flexibility index (Phi) is 4.70. The van der Waals surface area contributed by atoms with Crippen molar-refractivity contribution in [2.75, 3.05) is 0 Å². The van der Waals surface area contributed by atoms with Crippen LogP contribution in [0.4, 0.5) is 0 Å². The second-order valence-corrected chi connectivity index (χ2v) is 5.24. The molecular weight excluding hydrogens is 281 g/mol. The molecular formula is C15H15Cl2NO. The van der Waals surface area contributed by atoms with E-state index in [9.17, 15) is 5.11 Å². The highest BCUT2D eigenvalue weighted by molar-refractivity contribution is 6.31. The molecule has 2 aromatic carbocycles. The fourth-order valence-electron chi connectivity index (χ4n) is 1.85. The molecule has 2 nitrogen and oxygen atoms in total. The maximum Gasteiger partial charge on any atom is 0.121 e. The lowest BCUT2D eigenvalue weighted by Crippen LogP contribution is -2.18. The molecule has 0 spiro atoms. The number of halogens is 2. The van der Waals surface area contributed by atoms with E-state index in [4.69, 9.17) is 23.2 Å². The van der Waals surface area contributed by atoms with Crippen LogP contribution in [0.3, 0.4) is 0 Å². The summed E-state index contributed by atoms with van der Waals surface area (Å²) in [7, 11) is 0. The normalized spacial score (nSPS) is 12.4. The summed E-state index contributed by atoms with van der Waals surface area (Å²) < 4.78 is 0. The molecule has 0 aliphatic carbocycles. The summed E-state index contributed by atoms with van der Waals surface area (Å²) >= 11 is 11.9. The van der Waals surface area contributed by atoms with Crippen molar-refractivity contribution in [2.45, 2.75) is 19.5 Å². The van der Waals surface area contributed by atoms with Crippen LogP contribution in [-0.4, -0.2) is 5.11 Å². The van der Waals surface area contributed by atoms with Gasteiger partial charge >= 0.3 is 0 Å². The molecule has 0 bridgehead atoms. The zero-order valence-corrected chi connectivity index (χ0v) is 12.0. The van der Waals surface area contributed by atoms with Gasteiger partial charge in [0, 0.05) is 28.2 Å². The Morgan fingerprint density at radius 1 is 1.11 bits per heavy atom. The van der Waals surface area contributed by atoms with Gasteiger partial charge in [-0.3, -0.25) is 0 Å². The van der Waals surface area contributed by atoms with E-state index < -0.39 is 0 Å². The molecule has 2 N–H and O–H groups in total. The number of aromatic hydroxyl groups is 1. The lowest BCUT2D eigenvalue weighted by molar-refractivity contribution is 0.460. The lowest BCUT2D eigenvalue weighted by atomic mass is 10.1. The number of hydrogen-bond acceptors (Lipinski definition) is 2. The van der Waals surface area contributed by atoms with Gasteiger partial charge < -0.3 is 10.4 Å². The fraction of sp³-hybridized carbons (Fsp3) is 0.200. The molecule has 0 amide bonds. The highest BCUT2D eigenvalue weighted by Crippen LogP contribution is 2.26. The first-order chi connectivity index (χ1) is 9.08. The van der Waals surface area contributed by atoms with E-state index in [1.807, 2.05) is 24.3 Å². The van der Waals surface area contributed by atoms with Crippen molar-refractivity contribution >= 4 is 23.2 Å². The first-order valence-corrected chi connectivity index (χ1v) is 6.78. The molecule has 1 atom stereocenters. The maximum absolute atomic E-state index is 9.77. The van der Waals surface area contributed by atoms with Gasteiger partial charge in [0.05, 0.1) is 0 Å². The van der Waals surface area contributed by atoms with Crippen molar-refractivity contribution in [3.8, 4) is 5.75 Å². The minimum Gasteiger partial charge on any atom is -0.508 e. The summed E-state index contributed by atoms with van der Waals surface area (Å²) in [6.45, 7) is 2.56. The average molecular weight is 296 g/mol. The van der Waals surface area contributed by atoms with Gasteiger partial charge in [0.1, 0.15) is 5.75 Å². The summed E-state index contributed by atoms with van der Waals surface area (Å²) in [5.74, 6) is 0.211. The smallest absolute Gasteiger partial charge is 0.121 e. The Morgan fingerprint density at radius 2 is 1.79 bits per heavy atom. The zero-order chi connectivity index (χ0) is 13.8. The fourth-order valence-corrected chi connectivity index (χ4v) is 2.21. The highest BCUT2D eigenvalue weighted by atomic mass is 35.5. The van der Waals surface area contributed by atoms with Crippen LogP contribution in [0.5, 0.6) is 5.75 Å². The van der Waals surface area contributed by atoms with Crippen LogP contribution in [0.25, 0.3) is 0 Å². The number of phenolic OH excluding ortho intramolecular Hbond substituents is 1. The van der Waals surface area contributed by atoms with E-state index in [0.717, 1.165) is 10.6 Å². The lowest BCUT2D eigenvalue weighted by Gasteiger charge is -2.15. The summed E-state index contributed by atoms with van der Waals surface area (Å²) in [5.41, 5.74) is 1.85. The standard InChI is InChI=1S/C15H15Cl2NO/c1-10(11-5-7-12(16)8-6-11)18-9-13-14(17)3-2-4-15(13)19/h2-8,10,18-19H,9H2,1H3/t10-/m1/s1. The van der Waals surface area contributed by atoms with Crippen molar-refractivity contribution in [3.63, 3.8) is 0 Å². The molecule has 0 heterocycles. The Bertz CT molecular complexity index is 534. The van der Waals surface area contributed by atoms with Crippen LogP contribution < -0.4 is 5.32 Å². The Morgan fingerprint density at radius 3 is 2.42 bits per heavy atom. The van der Waals surface area contributed by atoms with Crippen molar-refractivity contribution < 1.29 is 5.11 Å². The van der Waals surface area contributed by atoms with Crippen LogP contribution in [0.2, 0.25) is 10.0 Å². The molecule has 0 saturated carbocycles. The molecule has 0 saturated heterocycles. The van der Waals surface area contributed by atoms with Crippen molar-refractivity contribution in [1.29, 1.82) is 0 Å². The Balaban J connectivity index is 2.04. The monoisotopic (exact) mass is 295 g/mol. The van der Waals surface area contributed by atoms with Crippen molar-refractivity contribution in [2.24, 2.45) is 0 Å². The molecule has 2 rings (SSSR count). The number of rotatable bonds is 4. The molecule has 2 aromatic rings. The third-order valence-electron chi connectivity index (χ3n) is 3.05. The van der Waals surface area contributed by atoms with E-state index >= 15 is 0 Å². The maximum atomic E-state index is 9.77. The second kappa shape index (κ2) is 6.29. The van der Waals surface area contributed by atoms with E-state index in [0.29, 0.717) is 17.1 Å². The van der Waals surface area contributed by atoms with E-state index in [-0.39, 0.29) is 11.8 Å². The zero-order valence-electron chi connectivity index (χ0n) is 10.5. The van der Waals surface area contributed by atoms with Gasteiger partial charge in [-0.05, 0) is 36.8 Å². The molecule has 4 heteroatoms. The summed E-state index contributed by atoms with van der Waals surface area (Å²) in [6.07, 6.45) is 0. The minimum atomic E-state index is 0.146. The molecule has 100 valence electrons. The van der Waals surface area contributed by atoms with Gasteiger partial charge in [0.2, 0.25) is 0 Å². The molecule has 0 fully saturated rings. The van der Waals surface area contributed by atoms with Crippen LogP contribution in [-0.2, 0) is 6.54 Å². The summed E-state index contributed by atoms with van der Waals surface area (Å²) in [6, 6.07) is 13.0. The summed E-state index contributed by atoms with van der Waals surface area (Å²) in [4.78, 5) is 0. The van der Waals surface area contributed by atoms with Crippen LogP contribution in [0, 0.1) is 0 Å². The van der Waals surface area contributed by atoms with Gasteiger partial charge in [-0.25, -0.2) is 0 Å². The third kappa shape index (κ3) is 3.63. The van der Waals surface area contributed by atoms with Crippen LogP contribution in [0.1, 0.15) is 24.1 Å². The molecule has 19 heavy (non-hydrogen) atoms. The molecule has 0 aliphatic heterocycles. The number of nitrogens with one attached hydrogen (secondary N) is 1. The van der Waals surface area contributed by atoms with E-state index in [1.165, 1.54) is 0 Å². The molecule has 0 aromatic heterocycles. The first kappa shape index (κ1) is 14.2. The number of hydrogen-bond donors (Lipinski definition) is 2. The number of benzene rings is 2. The number of phenols is 1. The molecule has 0 radical (unpaired) electrons. The predicted molar refractivity (Wildman–Crippen MR) is 79.8 cm³/mol. The van der Waals surface area contributed by atoms with Gasteiger partial charge in [-0.15, -0.1) is 0 Å². The van der Waals surface area contributed by atoms with Gasteiger partial charge in [-0.2, -0.15) is 0 Å². The third-order valence-corrected chi connectivity index (χ3v) is 3.66. The Labute approximate surface area is 123 Å². The first-order valence-electron chi connectivity index (χ1n) is 6.03. The SMILES string of the molecule is C[C@@H](NCc1c(O)cccc1Cl)c1ccc(Cl)cc1. The van der Waals surface area contributed by atoms with Crippen molar-refractivity contribution in [1.82, 2.24) is 5.32 Å². The summed E-state index contributed by atoms with van der Waals surface area (Å²) in [5, 5.41) is 14.4. The Hall–Kier alpha value is -1.22. The highest BCUT2D eigenvalue weighted by Gasteiger charge is 2.09. The quantitative estimate of drug-likeness (QED) is 0.867. The average Bonchev–Trinajstić information content (AvgIpc) is 2.38. The second-order valence-electron chi connectivity index (χ2n) is 4.39. The van der Waals surface area contributed by atoms with Crippen LogP contribution in [0.15, 0.2) is 42.5 Å². The molecule has 0 aliphatic rings. The predicted octanol–water partition coefficient (Wildman–Crippen LogP) is 4.55. The van der Waals surface area contributed by atoms with Crippen LogP contribution >= 0.6 is 23.2 Å². The van der Waals surface area contributed by atoms with E-state index in [2.05, 4.69) is 12.2 Å². The van der Waals surface area contributed by atoms with Gasteiger partial charge in [0.25, 0.3) is 0 Å². The minimum absolute atomic E-state index is 0.146. The molecule has 0 unspecified atom stereocenters. The van der Waals surface area contributed by atoms with Crippen molar-refractivity contribution in [3.05, 3.63) is 63.6 Å². The van der Waals surface area contributed by atoms with Gasteiger partial charge in [-0.1, -0.05) is 41.4 Å².